The molecular weight excluding hydrogens is 245 g/mol. The maximum Gasteiger partial charge on any atom is 0.256 e. The van der Waals surface area contributed by atoms with Crippen LogP contribution in [-0.4, -0.2) is 35.6 Å². The zero-order valence-corrected chi connectivity index (χ0v) is 10.4. The zero-order valence-electron chi connectivity index (χ0n) is 9.62. The van der Waals surface area contributed by atoms with Gasteiger partial charge < -0.3 is 10.0 Å². The Hall–Kier alpha value is -1.13. The first-order valence-electron chi connectivity index (χ1n) is 5.46. The van der Waals surface area contributed by atoms with Crippen molar-refractivity contribution in [1.29, 1.82) is 0 Å². The van der Waals surface area contributed by atoms with Crippen LogP contribution in [0, 0.1) is 5.82 Å². The van der Waals surface area contributed by atoms with Gasteiger partial charge in [0.15, 0.2) is 5.82 Å². The molecule has 0 saturated heterocycles. The quantitative estimate of drug-likeness (QED) is 0.882. The molecule has 0 fully saturated rings. The fourth-order valence-corrected chi connectivity index (χ4v) is 1.72. The smallest absolute Gasteiger partial charge is 0.256 e. The Morgan fingerprint density at radius 3 is 2.76 bits per heavy atom. The average molecular weight is 260 g/mol. The van der Waals surface area contributed by atoms with E-state index in [0.717, 1.165) is 6.42 Å². The van der Waals surface area contributed by atoms with Crippen LogP contribution in [0.4, 0.5) is 4.39 Å². The molecule has 0 aliphatic heterocycles. The van der Waals surface area contributed by atoms with Crippen LogP contribution in [0.15, 0.2) is 18.2 Å². The summed E-state index contributed by atoms with van der Waals surface area (Å²) in [5.74, 6) is -1.15. The number of carbonyl (C=O) groups is 1. The number of rotatable bonds is 5. The predicted octanol–water partition coefficient (Wildman–Crippen LogP) is 2.32. The molecule has 1 N–H and O–H groups in total. The topological polar surface area (TPSA) is 40.5 Å². The van der Waals surface area contributed by atoms with E-state index in [4.69, 9.17) is 16.7 Å². The number of amides is 1. The molecule has 1 rings (SSSR count). The number of aliphatic hydroxyl groups excluding tert-OH is 1. The van der Waals surface area contributed by atoms with E-state index in [-0.39, 0.29) is 23.7 Å². The van der Waals surface area contributed by atoms with Crippen LogP contribution in [-0.2, 0) is 0 Å². The molecule has 17 heavy (non-hydrogen) atoms. The average Bonchev–Trinajstić information content (AvgIpc) is 2.31. The Bertz CT molecular complexity index is 392. The molecule has 94 valence electrons. The Kier molecular flexibility index (Phi) is 5.38. The van der Waals surface area contributed by atoms with Crippen LogP contribution in [0.2, 0.25) is 5.02 Å². The number of halogens is 2. The summed E-state index contributed by atoms with van der Waals surface area (Å²) in [6.07, 6.45) is 0.744. The van der Waals surface area contributed by atoms with Gasteiger partial charge in [0, 0.05) is 13.1 Å². The molecule has 0 aliphatic carbocycles. The molecule has 1 aromatic carbocycles. The molecule has 0 spiro atoms. The molecule has 5 heteroatoms. The first-order chi connectivity index (χ1) is 8.11. The zero-order chi connectivity index (χ0) is 12.8. The highest BCUT2D eigenvalue weighted by Crippen LogP contribution is 2.19. The Labute approximate surface area is 105 Å². The fraction of sp³-hybridized carbons (Fsp3) is 0.417. The van der Waals surface area contributed by atoms with Crippen LogP contribution in [0.5, 0.6) is 0 Å². The van der Waals surface area contributed by atoms with Crippen molar-refractivity contribution in [2.24, 2.45) is 0 Å². The van der Waals surface area contributed by atoms with Crippen molar-refractivity contribution in [2.75, 3.05) is 19.7 Å². The van der Waals surface area contributed by atoms with E-state index in [9.17, 15) is 9.18 Å². The summed E-state index contributed by atoms with van der Waals surface area (Å²) in [4.78, 5) is 13.4. The lowest BCUT2D eigenvalue weighted by molar-refractivity contribution is 0.0717. The van der Waals surface area contributed by atoms with Gasteiger partial charge in [-0.1, -0.05) is 24.6 Å². The third kappa shape index (κ3) is 3.41. The van der Waals surface area contributed by atoms with Crippen molar-refractivity contribution in [2.45, 2.75) is 13.3 Å². The summed E-state index contributed by atoms with van der Waals surface area (Å²) in [7, 11) is 0. The summed E-state index contributed by atoms with van der Waals surface area (Å²) in [6.45, 7) is 2.43. The van der Waals surface area contributed by atoms with Crippen LogP contribution in [0.3, 0.4) is 0 Å². The van der Waals surface area contributed by atoms with Crippen molar-refractivity contribution in [3.63, 3.8) is 0 Å². The molecule has 0 unspecified atom stereocenters. The second-order valence-corrected chi connectivity index (χ2v) is 4.02. The molecule has 0 bridgehead atoms. The number of benzene rings is 1. The Morgan fingerprint density at radius 2 is 2.18 bits per heavy atom. The maximum atomic E-state index is 13.7. The minimum absolute atomic E-state index is 0.0561. The largest absolute Gasteiger partial charge is 0.395 e. The number of hydrogen-bond acceptors (Lipinski definition) is 2. The summed E-state index contributed by atoms with van der Waals surface area (Å²) in [5, 5.41) is 8.80. The third-order valence-electron chi connectivity index (χ3n) is 2.33. The van der Waals surface area contributed by atoms with E-state index in [1.807, 2.05) is 6.92 Å². The summed E-state index contributed by atoms with van der Waals surface area (Å²) >= 11 is 5.62. The van der Waals surface area contributed by atoms with E-state index in [0.29, 0.717) is 6.54 Å². The van der Waals surface area contributed by atoms with Crippen molar-refractivity contribution < 1.29 is 14.3 Å². The van der Waals surface area contributed by atoms with Gasteiger partial charge in [0.25, 0.3) is 5.91 Å². The van der Waals surface area contributed by atoms with Gasteiger partial charge in [-0.25, -0.2) is 4.39 Å². The molecule has 0 heterocycles. The highest BCUT2D eigenvalue weighted by Gasteiger charge is 2.19. The summed E-state index contributed by atoms with van der Waals surface area (Å²) in [5.41, 5.74) is -0.0561. The second-order valence-electron chi connectivity index (χ2n) is 3.62. The van der Waals surface area contributed by atoms with Gasteiger partial charge in [0.1, 0.15) is 0 Å². The van der Waals surface area contributed by atoms with Gasteiger partial charge in [0.05, 0.1) is 17.2 Å². The summed E-state index contributed by atoms with van der Waals surface area (Å²) in [6, 6.07) is 4.31. The number of carbonyl (C=O) groups excluding carboxylic acids is 1. The van der Waals surface area contributed by atoms with E-state index in [1.54, 1.807) is 0 Å². The first kappa shape index (κ1) is 13.9. The number of nitrogens with zero attached hydrogens (tertiary/aromatic N) is 1. The molecule has 3 nitrogen and oxygen atoms in total. The monoisotopic (exact) mass is 259 g/mol. The first-order valence-corrected chi connectivity index (χ1v) is 5.83. The molecule has 0 saturated carbocycles. The lowest BCUT2D eigenvalue weighted by atomic mass is 10.2. The number of aliphatic hydroxyl groups is 1. The summed E-state index contributed by atoms with van der Waals surface area (Å²) < 4.78 is 13.7. The van der Waals surface area contributed by atoms with Gasteiger partial charge in [-0.15, -0.1) is 0 Å². The maximum absolute atomic E-state index is 13.7. The third-order valence-corrected chi connectivity index (χ3v) is 2.62. The molecular formula is C12H15ClFNO2. The van der Waals surface area contributed by atoms with Crippen LogP contribution in [0.25, 0.3) is 0 Å². The van der Waals surface area contributed by atoms with Crippen LogP contribution in [0.1, 0.15) is 23.7 Å². The highest BCUT2D eigenvalue weighted by atomic mass is 35.5. The second kappa shape index (κ2) is 6.57. The fourth-order valence-electron chi connectivity index (χ4n) is 1.54. The lowest BCUT2D eigenvalue weighted by Gasteiger charge is -2.21. The van der Waals surface area contributed by atoms with Gasteiger partial charge in [-0.05, 0) is 18.6 Å². The molecule has 0 aromatic heterocycles. The standard InChI is InChI=1S/C12H15ClFNO2/c1-2-6-15(7-8-16)12(17)9-4-3-5-10(13)11(9)14/h3-5,16H,2,6-8H2,1H3. The SMILES string of the molecule is CCCN(CCO)C(=O)c1cccc(Cl)c1F. The Balaban J connectivity index is 2.96. The normalized spacial score (nSPS) is 10.4. The number of hydrogen-bond donors (Lipinski definition) is 1. The molecule has 0 aliphatic rings. The van der Waals surface area contributed by atoms with Crippen molar-refractivity contribution in [1.82, 2.24) is 4.90 Å². The minimum atomic E-state index is -0.710. The molecule has 1 aromatic rings. The van der Waals surface area contributed by atoms with Gasteiger partial charge in [0.2, 0.25) is 0 Å². The van der Waals surface area contributed by atoms with Gasteiger partial charge in [-0.2, -0.15) is 0 Å². The van der Waals surface area contributed by atoms with Gasteiger partial charge >= 0.3 is 0 Å². The van der Waals surface area contributed by atoms with Crippen LogP contribution >= 0.6 is 11.6 Å². The highest BCUT2D eigenvalue weighted by molar-refractivity contribution is 6.31. The van der Waals surface area contributed by atoms with Crippen LogP contribution < -0.4 is 0 Å². The van der Waals surface area contributed by atoms with E-state index in [1.165, 1.54) is 23.1 Å². The van der Waals surface area contributed by atoms with Crippen molar-refractivity contribution >= 4 is 17.5 Å². The van der Waals surface area contributed by atoms with E-state index in [2.05, 4.69) is 0 Å². The van der Waals surface area contributed by atoms with Crippen molar-refractivity contribution in [3.05, 3.63) is 34.6 Å². The van der Waals surface area contributed by atoms with E-state index < -0.39 is 11.7 Å². The lowest BCUT2D eigenvalue weighted by Crippen LogP contribution is -2.34. The Morgan fingerprint density at radius 1 is 1.47 bits per heavy atom. The predicted molar refractivity (Wildman–Crippen MR) is 64.7 cm³/mol. The molecule has 0 radical (unpaired) electrons. The van der Waals surface area contributed by atoms with E-state index >= 15 is 0 Å². The molecule has 0 atom stereocenters. The molecule has 1 amide bonds. The van der Waals surface area contributed by atoms with Crippen molar-refractivity contribution in [3.8, 4) is 0 Å². The van der Waals surface area contributed by atoms with Gasteiger partial charge in [-0.3, -0.25) is 4.79 Å². The minimum Gasteiger partial charge on any atom is -0.395 e.